The average Bonchev–Trinajstić information content (AvgIpc) is 3.28. The van der Waals surface area contributed by atoms with Gasteiger partial charge in [0, 0.05) is 18.9 Å². The molecule has 0 radical (unpaired) electrons. The molecule has 6 N–H and O–H groups in total. The first kappa shape index (κ1) is 19.0. The third kappa shape index (κ3) is 3.68. The molecule has 0 unspecified atom stereocenters. The fourth-order valence-corrected chi connectivity index (χ4v) is 3.02. The van der Waals surface area contributed by atoms with Gasteiger partial charge in [-0.15, -0.1) is 0 Å². The Bertz CT molecular complexity index is 379. The van der Waals surface area contributed by atoms with Crippen molar-refractivity contribution in [1.29, 1.82) is 0 Å². The second-order valence-electron chi connectivity index (χ2n) is 6.15. The van der Waals surface area contributed by atoms with Crippen molar-refractivity contribution in [2.45, 2.75) is 55.8 Å². The standard InChI is InChI=1S/C14H26O9/c1-7(4-15)14(9(6-17)23-14)2-3-21-13-12(20)11(19)10(18)8(5-16)22-13/h7-13,15-20H,2-6H2,1H3/t7-,8-,9+,10-,11+,12-,13-,14-/m1/s1. The van der Waals surface area contributed by atoms with Crippen molar-refractivity contribution in [3.05, 3.63) is 0 Å². The normalized spacial score (nSPS) is 45.0. The first-order chi connectivity index (χ1) is 10.9. The van der Waals surface area contributed by atoms with Gasteiger partial charge in [0.1, 0.15) is 36.1 Å². The predicted molar refractivity (Wildman–Crippen MR) is 75.3 cm³/mol. The zero-order valence-electron chi connectivity index (χ0n) is 13.0. The topological polar surface area (TPSA) is 152 Å². The summed E-state index contributed by atoms with van der Waals surface area (Å²) in [6.07, 6.45) is -6.60. The first-order valence-corrected chi connectivity index (χ1v) is 7.73. The molecule has 2 saturated heterocycles. The highest BCUT2D eigenvalue weighted by Crippen LogP contribution is 2.45. The van der Waals surface area contributed by atoms with E-state index >= 15 is 0 Å². The molecule has 23 heavy (non-hydrogen) atoms. The second kappa shape index (κ2) is 7.68. The Balaban J connectivity index is 1.88. The van der Waals surface area contributed by atoms with Gasteiger partial charge in [0.15, 0.2) is 6.29 Å². The maximum Gasteiger partial charge on any atom is 0.186 e. The van der Waals surface area contributed by atoms with Gasteiger partial charge in [0.05, 0.1) is 19.8 Å². The van der Waals surface area contributed by atoms with Gasteiger partial charge in [-0.2, -0.15) is 0 Å². The number of epoxide rings is 1. The van der Waals surface area contributed by atoms with Crippen LogP contribution in [0.3, 0.4) is 0 Å². The molecule has 9 heteroatoms. The number of hydrogen-bond donors (Lipinski definition) is 6. The van der Waals surface area contributed by atoms with Crippen LogP contribution in [0.2, 0.25) is 0 Å². The highest BCUT2D eigenvalue weighted by molar-refractivity contribution is 5.05. The minimum atomic E-state index is -1.49. The fourth-order valence-electron chi connectivity index (χ4n) is 3.02. The van der Waals surface area contributed by atoms with E-state index in [1.165, 1.54) is 0 Å². The van der Waals surface area contributed by atoms with Gasteiger partial charge in [-0.25, -0.2) is 0 Å². The van der Waals surface area contributed by atoms with Crippen molar-refractivity contribution < 1.29 is 44.8 Å². The summed E-state index contributed by atoms with van der Waals surface area (Å²) in [5.74, 6) is -0.196. The Morgan fingerprint density at radius 2 is 1.74 bits per heavy atom. The van der Waals surface area contributed by atoms with E-state index in [0.717, 1.165) is 0 Å². The minimum absolute atomic E-state index is 0.0868. The van der Waals surface area contributed by atoms with E-state index in [2.05, 4.69) is 0 Å². The van der Waals surface area contributed by atoms with Crippen LogP contribution in [0.1, 0.15) is 13.3 Å². The van der Waals surface area contributed by atoms with Crippen LogP contribution in [-0.4, -0.2) is 99.5 Å². The highest BCUT2D eigenvalue weighted by Gasteiger charge is 2.59. The molecule has 2 heterocycles. The van der Waals surface area contributed by atoms with Gasteiger partial charge in [-0.3, -0.25) is 0 Å². The summed E-state index contributed by atoms with van der Waals surface area (Å²) < 4.78 is 16.1. The molecule has 2 rings (SSSR count). The molecule has 0 aromatic heterocycles. The lowest BCUT2D eigenvalue weighted by atomic mass is 9.88. The summed E-state index contributed by atoms with van der Waals surface area (Å²) in [4.78, 5) is 0. The van der Waals surface area contributed by atoms with E-state index in [4.69, 9.17) is 19.3 Å². The summed E-state index contributed by atoms with van der Waals surface area (Å²) in [6, 6.07) is 0. The van der Waals surface area contributed by atoms with E-state index in [-0.39, 0.29) is 31.8 Å². The van der Waals surface area contributed by atoms with Crippen LogP contribution in [-0.2, 0) is 14.2 Å². The zero-order valence-corrected chi connectivity index (χ0v) is 13.0. The third-order valence-corrected chi connectivity index (χ3v) is 4.75. The first-order valence-electron chi connectivity index (χ1n) is 7.73. The molecule has 0 bridgehead atoms. The lowest BCUT2D eigenvalue weighted by Gasteiger charge is -2.39. The summed E-state index contributed by atoms with van der Waals surface area (Å²) in [5, 5.41) is 56.8. The van der Waals surface area contributed by atoms with Crippen molar-refractivity contribution in [2.24, 2.45) is 5.92 Å². The van der Waals surface area contributed by atoms with Crippen LogP contribution in [0.5, 0.6) is 0 Å². The van der Waals surface area contributed by atoms with Crippen LogP contribution in [0.4, 0.5) is 0 Å². The van der Waals surface area contributed by atoms with Crippen LogP contribution < -0.4 is 0 Å². The molecule has 2 fully saturated rings. The SMILES string of the molecule is C[C@H](CO)[C@@]1(CCO[C@@H]2O[C@H](CO)[C@@H](O)[C@H](O)[C@H]2O)O[C@H]1CO. The Morgan fingerprint density at radius 3 is 2.26 bits per heavy atom. The van der Waals surface area contributed by atoms with Gasteiger partial charge in [-0.05, 0) is 0 Å². The summed E-state index contributed by atoms with van der Waals surface area (Å²) >= 11 is 0. The number of aliphatic hydroxyl groups is 6. The van der Waals surface area contributed by atoms with Crippen molar-refractivity contribution >= 4 is 0 Å². The van der Waals surface area contributed by atoms with Crippen LogP contribution in [0.15, 0.2) is 0 Å². The van der Waals surface area contributed by atoms with Crippen molar-refractivity contribution in [1.82, 2.24) is 0 Å². The lowest BCUT2D eigenvalue weighted by Crippen LogP contribution is -2.59. The van der Waals surface area contributed by atoms with Gasteiger partial charge >= 0.3 is 0 Å². The molecule has 0 aliphatic carbocycles. The summed E-state index contributed by atoms with van der Waals surface area (Å²) in [6.45, 7) is 1.10. The molecular formula is C14H26O9. The van der Waals surface area contributed by atoms with E-state index in [9.17, 15) is 25.5 Å². The molecule has 2 aliphatic heterocycles. The van der Waals surface area contributed by atoms with Crippen molar-refractivity contribution in [3.63, 3.8) is 0 Å². The van der Waals surface area contributed by atoms with Gasteiger partial charge in [-0.1, -0.05) is 6.92 Å². The number of ether oxygens (including phenoxy) is 3. The Morgan fingerprint density at radius 1 is 1.04 bits per heavy atom. The Kier molecular flexibility index (Phi) is 6.34. The number of aliphatic hydroxyl groups excluding tert-OH is 6. The van der Waals surface area contributed by atoms with E-state index in [1.54, 1.807) is 6.92 Å². The summed E-state index contributed by atoms with van der Waals surface area (Å²) in [7, 11) is 0. The molecule has 0 amide bonds. The third-order valence-electron chi connectivity index (χ3n) is 4.75. The molecule has 9 nitrogen and oxygen atoms in total. The monoisotopic (exact) mass is 338 g/mol. The molecule has 0 saturated carbocycles. The summed E-state index contributed by atoms with van der Waals surface area (Å²) in [5.41, 5.74) is -0.683. The largest absolute Gasteiger partial charge is 0.396 e. The molecule has 2 aliphatic rings. The quantitative estimate of drug-likeness (QED) is 0.253. The van der Waals surface area contributed by atoms with E-state index in [0.29, 0.717) is 6.42 Å². The second-order valence-corrected chi connectivity index (χ2v) is 6.15. The van der Waals surface area contributed by atoms with Crippen LogP contribution in [0, 0.1) is 5.92 Å². The van der Waals surface area contributed by atoms with Gasteiger partial charge < -0.3 is 44.8 Å². The molecule has 0 aromatic carbocycles. The molecule has 0 spiro atoms. The molecule has 8 atom stereocenters. The zero-order chi connectivity index (χ0) is 17.2. The van der Waals surface area contributed by atoms with Crippen molar-refractivity contribution in [2.75, 3.05) is 26.4 Å². The molecular weight excluding hydrogens is 312 g/mol. The predicted octanol–water partition coefficient (Wildman–Crippen LogP) is -3.05. The smallest absolute Gasteiger partial charge is 0.186 e. The fraction of sp³-hybridized carbons (Fsp3) is 1.00. The Labute approximate surface area is 134 Å². The maximum atomic E-state index is 9.87. The number of hydrogen-bond acceptors (Lipinski definition) is 9. The lowest BCUT2D eigenvalue weighted by molar-refractivity contribution is -0.301. The molecule has 0 aromatic rings. The van der Waals surface area contributed by atoms with E-state index in [1.807, 2.05) is 0 Å². The minimum Gasteiger partial charge on any atom is -0.396 e. The highest BCUT2D eigenvalue weighted by atomic mass is 16.7. The Hall–Kier alpha value is -0.360. The van der Waals surface area contributed by atoms with Gasteiger partial charge in [0.25, 0.3) is 0 Å². The molecule has 136 valence electrons. The maximum absolute atomic E-state index is 9.87. The van der Waals surface area contributed by atoms with E-state index < -0.39 is 42.9 Å². The van der Waals surface area contributed by atoms with Crippen molar-refractivity contribution in [3.8, 4) is 0 Å². The number of rotatable bonds is 8. The van der Waals surface area contributed by atoms with Crippen LogP contribution >= 0.6 is 0 Å². The average molecular weight is 338 g/mol. The van der Waals surface area contributed by atoms with Gasteiger partial charge in [0.2, 0.25) is 0 Å². The van der Waals surface area contributed by atoms with Crippen LogP contribution in [0.25, 0.3) is 0 Å².